The number of hydrogen-bond donors (Lipinski definition) is 1. The molecule has 112 valence electrons. The van der Waals surface area contributed by atoms with Gasteiger partial charge in [-0.2, -0.15) is 5.10 Å². The van der Waals surface area contributed by atoms with E-state index in [4.69, 9.17) is 11.6 Å². The maximum absolute atomic E-state index is 6.40. The van der Waals surface area contributed by atoms with Crippen molar-refractivity contribution in [2.24, 2.45) is 7.05 Å². The van der Waals surface area contributed by atoms with Crippen LogP contribution in [0.25, 0.3) is 0 Å². The number of benzene rings is 1. The quantitative estimate of drug-likeness (QED) is 0.891. The maximum Gasteiger partial charge on any atom is 0.0539 e. The second-order valence-corrected chi connectivity index (χ2v) is 6.18. The molecule has 0 saturated heterocycles. The van der Waals surface area contributed by atoms with Crippen molar-refractivity contribution in [2.45, 2.75) is 32.0 Å². The molecule has 0 amide bonds. The van der Waals surface area contributed by atoms with Crippen LogP contribution in [0.3, 0.4) is 0 Å². The van der Waals surface area contributed by atoms with Gasteiger partial charge in [-0.15, -0.1) is 0 Å². The van der Waals surface area contributed by atoms with E-state index in [2.05, 4.69) is 28.4 Å². The predicted molar refractivity (Wildman–Crippen MR) is 86.6 cm³/mol. The molecule has 0 bridgehead atoms. The van der Waals surface area contributed by atoms with Crippen LogP contribution in [0.4, 0.5) is 5.69 Å². The third-order valence-electron chi connectivity index (χ3n) is 3.83. The number of anilines is 1. The Hall–Kier alpha value is -1.52. The van der Waals surface area contributed by atoms with Gasteiger partial charge >= 0.3 is 0 Å². The molecule has 0 aliphatic heterocycles. The van der Waals surface area contributed by atoms with Crippen LogP contribution >= 0.6 is 11.6 Å². The SMILES string of the molecule is CN(Cc1cnn(C)c1)c1cccc(Cl)c1CNC1CC1. The number of nitrogens with zero attached hydrogens (tertiary/aromatic N) is 3. The average Bonchev–Trinajstić information content (AvgIpc) is 3.19. The van der Waals surface area contributed by atoms with E-state index >= 15 is 0 Å². The summed E-state index contributed by atoms with van der Waals surface area (Å²) in [7, 11) is 4.03. The lowest BCUT2D eigenvalue weighted by Crippen LogP contribution is -2.21. The molecule has 1 saturated carbocycles. The number of rotatable bonds is 6. The van der Waals surface area contributed by atoms with Crippen molar-refractivity contribution < 1.29 is 0 Å². The lowest BCUT2D eigenvalue weighted by atomic mass is 10.1. The summed E-state index contributed by atoms with van der Waals surface area (Å²) < 4.78 is 1.83. The topological polar surface area (TPSA) is 33.1 Å². The van der Waals surface area contributed by atoms with Crippen molar-refractivity contribution in [2.75, 3.05) is 11.9 Å². The number of aryl methyl sites for hydroxylation is 1. The highest BCUT2D eigenvalue weighted by Crippen LogP contribution is 2.29. The van der Waals surface area contributed by atoms with Crippen molar-refractivity contribution in [3.05, 3.63) is 46.7 Å². The van der Waals surface area contributed by atoms with Gasteiger partial charge in [0.05, 0.1) is 6.20 Å². The molecule has 1 fully saturated rings. The van der Waals surface area contributed by atoms with E-state index in [0.29, 0.717) is 6.04 Å². The Bertz CT molecular complexity index is 618. The predicted octanol–water partition coefficient (Wildman–Crippen LogP) is 2.96. The van der Waals surface area contributed by atoms with Crippen molar-refractivity contribution >= 4 is 17.3 Å². The van der Waals surface area contributed by atoms with Crippen LogP contribution < -0.4 is 10.2 Å². The van der Waals surface area contributed by atoms with Crippen LogP contribution in [0, 0.1) is 0 Å². The molecular formula is C16H21ClN4. The molecule has 2 aromatic rings. The van der Waals surface area contributed by atoms with Crippen LogP contribution in [-0.2, 0) is 20.1 Å². The minimum Gasteiger partial charge on any atom is -0.370 e. The number of hydrogen-bond acceptors (Lipinski definition) is 3. The van der Waals surface area contributed by atoms with Crippen LogP contribution in [0.5, 0.6) is 0 Å². The van der Waals surface area contributed by atoms with Gasteiger partial charge in [0.15, 0.2) is 0 Å². The number of aromatic nitrogens is 2. The van der Waals surface area contributed by atoms with Gasteiger partial charge in [0.1, 0.15) is 0 Å². The van der Waals surface area contributed by atoms with Crippen molar-refractivity contribution in [3.63, 3.8) is 0 Å². The Morgan fingerprint density at radius 3 is 2.90 bits per heavy atom. The highest BCUT2D eigenvalue weighted by Gasteiger charge is 2.21. The molecule has 1 aliphatic rings. The molecule has 0 spiro atoms. The van der Waals surface area contributed by atoms with E-state index in [1.165, 1.54) is 29.7 Å². The van der Waals surface area contributed by atoms with E-state index in [1.807, 2.05) is 36.3 Å². The standard InChI is InChI=1S/C16H21ClN4/c1-20(10-12-8-19-21(2)11-12)16-5-3-4-15(17)14(16)9-18-13-6-7-13/h3-5,8,11,13,18H,6-7,9-10H2,1-2H3. The van der Waals surface area contributed by atoms with Gasteiger partial charge in [0.25, 0.3) is 0 Å². The molecule has 3 rings (SSSR count). The summed E-state index contributed by atoms with van der Waals surface area (Å²) in [6, 6.07) is 6.79. The molecule has 1 aromatic heterocycles. The zero-order valence-corrected chi connectivity index (χ0v) is 13.3. The Kier molecular flexibility index (Phi) is 4.17. The Morgan fingerprint density at radius 1 is 1.43 bits per heavy atom. The molecule has 0 atom stereocenters. The smallest absolute Gasteiger partial charge is 0.0539 e. The third-order valence-corrected chi connectivity index (χ3v) is 4.18. The average molecular weight is 305 g/mol. The van der Waals surface area contributed by atoms with Crippen LogP contribution in [0.2, 0.25) is 5.02 Å². The van der Waals surface area contributed by atoms with Crippen molar-refractivity contribution in [1.82, 2.24) is 15.1 Å². The summed E-state index contributed by atoms with van der Waals surface area (Å²) >= 11 is 6.40. The molecular weight excluding hydrogens is 284 g/mol. The highest BCUT2D eigenvalue weighted by atomic mass is 35.5. The summed E-state index contributed by atoms with van der Waals surface area (Å²) in [5.41, 5.74) is 3.55. The largest absolute Gasteiger partial charge is 0.370 e. The molecule has 21 heavy (non-hydrogen) atoms. The molecule has 4 nitrogen and oxygen atoms in total. The third kappa shape index (κ3) is 3.57. The number of nitrogens with one attached hydrogen (secondary N) is 1. The first-order chi connectivity index (χ1) is 10.1. The van der Waals surface area contributed by atoms with Crippen molar-refractivity contribution in [1.29, 1.82) is 0 Å². The Morgan fingerprint density at radius 2 is 2.24 bits per heavy atom. The molecule has 5 heteroatoms. The van der Waals surface area contributed by atoms with E-state index < -0.39 is 0 Å². The van der Waals surface area contributed by atoms with Crippen molar-refractivity contribution in [3.8, 4) is 0 Å². The van der Waals surface area contributed by atoms with Gasteiger partial charge in [-0.3, -0.25) is 4.68 Å². The van der Waals surface area contributed by atoms with Gasteiger partial charge in [-0.05, 0) is 25.0 Å². The molecule has 1 N–H and O–H groups in total. The molecule has 0 radical (unpaired) electrons. The van der Waals surface area contributed by atoms with Gasteiger partial charge in [0.2, 0.25) is 0 Å². The van der Waals surface area contributed by atoms with E-state index in [0.717, 1.165) is 18.1 Å². The van der Waals surface area contributed by atoms with E-state index in [9.17, 15) is 0 Å². The van der Waals surface area contributed by atoms with E-state index in [-0.39, 0.29) is 0 Å². The zero-order valence-electron chi connectivity index (χ0n) is 12.5. The lowest BCUT2D eigenvalue weighted by molar-refractivity contribution is 0.685. The summed E-state index contributed by atoms with van der Waals surface area (Å²) in [6.07, 6.45) is 6.52. The molecule has 0 unspecified atom stereocenters. The minimum absolute atomic E-state index is 0.678. The Labute approximate surface area is 130 Å². The molecule has 1 aliphatic carbocycles. The first-order valence-electron chi connectivity index (χ1n) is 7.33. The lowest BCUT2D eigenvalue weighted by Gasteiger charge is -2.23. The van der Waals surface area contributed by atoms with Crippen LogP contribution in [0.1, 0.15) is 24.0 Å². The molecule has 1 aromatic carbocycles. The van der Waals surface area contributed by atoms with E-state index in [1.54, 1.807) is 0 Å². The summed E-state index contributed by atoms with van der Waals surface area (Å²) in [5, 5.41) is 8.60. The normalized spacial score (nSPS) is 14.4. The summed E-state index contributed by atoms with van der Waals surface area (Å²) in [4.78, 5) is 2.23. The first-order valence-corrected chi connectivity index (χ1v) is 7.70. The fourth-order valence-electron chi connectivity index (χ4n) is 2.53. The fraction of sp³-hybridized carbons (Fsp3) is 0.438. The monoisotopic (exact) mass is 304 g/mol. The second-order valence-electron chi connectivity index (χ2n) is 5.77. The minimum atomic E-state index is 0.678. The maximum atomic E-state index is 6.40. The summed E-state index contributed by atoms with van der Waals surface area (Å²) in [6.45, 7) is 1.65. The van der Waals surface area contributed by atoms with Crippen LogP contribution in [-0.4, -0.2) is 22.9 Å². The first kappa shape index (κ1) is 14.4. The van der Waals surface area contributed by atoms with Crippen LogP contribution in [0.15, 0.2) is 30.6 Å². The highest BCUT2D eigenvalue weighted by molar-refractivity contribution is 6.31. The van der Waals surface area contributed by atoms with Gasteiger partial charge in [-0.1, -0.05) is 17.7 Å². The second kappa shape index (κ2) is 6.08. The molecule has 1 heterocycles. The van der Waals surface area contributed by atoms with Gasteiger partial charge < -0.3 is 10.2 Å². The zero-order chi connectivity index (χ0) is 14.8. The fourth-order valence-corrected chi connectivity index (χ4v) is 2.76. The Balaban J connectivity index is 1.77. The summed E-state index contributed by atoms with van der Waals surface area (Å²) in [5.74, 6) is 0. The van der Waals surface area contributed by atoms with Gasteiger partial charge in [0, 0.05) is 61.3 Å². The number of halogens is 1. The van der Waals surface area contributed by atoms with Gasteiger partial charge in [-0.25, -0.2) is 0 Å².